The standard InChI is InChI=1S/C20H17ClN2O2/c21-17-7-3-2-6-16(17)20(24)23-12-11-15(13-23)25-19-10-9-14-5-1-4-8-18(14)22-19/h1-10,15H,11-13H2. The van der Waals surface area contributed by atoms with E-state index in [2.05, 4.69) is 4.98 Å². The summed E-state index contributed by atoms with van der Waals surface area (Å²) in [6.45, 7) is 1.20. The predicted octanol–water partition coefficient (Wildman–Crippen LogP) is 4.18. The minimum Gasteiger partial charge on any atom is -0.472 e. The largest absolute Gasteiger partial charge is 0.472 e. The lowest BCUT2D eigenvalue weighted by Gasteiger charge is -2.17. The van der Waals surface area contributed by atoms with Gasteiger partial charge in [0.05, 0.1) is 22.6 Å². The zero-order chi connectivity index (χ0) is 17.2. The Labute approximate surface area is 151 Å². The first kappa shape index (κ1) is 15.9. The maximum absolute atomic E-state index is 12.6. The van der Waals surface area contributed by atoms with Gasteiger partial charge in [0.2, 0.25) is 5.88 Å². The third kappa shape index (κ3) is 3.30. The molecule has 0 aliphatic carbocycles. The molecule has 4 nitrogen and oxygen atoms in total. The minimum absolute atomic E-state index is 0.0526. The van der Waals surface area contributed by atoms with Crippen molar-refractivity contribution in [2.45, 2.75) is 12.5 Å². The summed E-state index contributed by atoms with van der Waals surface area (Å²) in [7, 11) is 0. The van der Waals surface area contributed by atoms with Gasteiger partial charge in [-0.15, -0.1) is 0 Å². The van der Waals surface area contributed by atoms with E-state index in [0.29, 0.717) is 29.6 Å². The van der Waals surface area contributed by atoms with Crippen molar-refractivity contribution in [2.75, 3.05) is 13.1 Å². The number of carbonyl (C=O) groups excluding carboxylic acids is 1. The molecule has 1 saturated heterocycles. The summed E-state index contributed by atoms with van der Waals surface area (Å²) >= 11 is 6.13. The van der Waals surface area contributed by atoms with Crippen molar-refractivity contribution < 1.29 is 9.53 Å². The van der Waals surface area contributed by atoms with Crippen molar-refractivity contribution >= 4 is 28.4 Å². The molecule has 1 aliphatic heterocycles. The Balaban J connectivity index is 1.45. The van der Waals surface area contributed by atoms with Crippen LogP contribution in [0.3, 0.4) is 0 Å². The highest BCUT2D eigenvalue weighted by atomic mass is 35.5. The molecule has 1 atom stereocenters. The summed E-state index contributed by atoms with van der Waals surface area (Å²) in [5, 5.41) is 1.56. The highest BCUT2D eigenvalue weighted by molar-refractivity contribution is 6.33. The van der Waals surface area contributed by atoms with E-state index in [9.17, 15) is 4.79 Å². The SMILES string of the molecule is O=C(c1ccccc1Cl)N1CCC(Oc2ccc3ccccc3n2)C1. The number of aromatic nitrogens is 1. The number of pyridine rings is 1. The van der Waals surface area contributed by atoms with E-state index in [0.717, 1.165) is 17.3 Å². The highest BCUT2D eigenvalue weighted by Gasteiger charge is 2.29. The molecule has 0 spiro atoms. The van der Waals surface area contributed by atoms with Gasteiger partial charge in [0.15, 0.2) is 0 Å². The van der Waals surface area contributed by atoms with E-state index in [4.69, 9.17) is 16.3 Å². The molecule has 1 unspecified atom stereocenters. The van der Waals surface area contributed by atoms with Crippen LogP contribution in [0.5, 0.6) is 5.88 Å². The fourth-order valence-corrected chi connectivity index (χ4v) is 3.31. The van der Waals surface area contributed by atoms with Crippen LogP contribution in [-0.4, -0.2) is 35.0 Å². The maximum atomic E-state index is 12.6. The topological polar surface area (TPSA) is 42.4 Å². The summed E-state index contributed by atoms with van der Waals surface area (Å²) in [6.07, 6.45) is 0.727. The number of rotatable bonds is 3. The van der Waals surface area contributed by atoms with E-state index in [-0.39, 0.29) is 12.0 Å². The number of likely N-dealkylation sites (tertiary alicyclic amines) is 1. The van der Waals surface area contributed by atoms with E-state index < -0.39 is 0 Å². The van der Waals surface area contributed by atoms with Crippen LogP contribution in [0.25, 0.3) is 10.9 Å². The normalized spacial score (nSPS) is 17.0. The first-order valence-electron chi connectivity index (χ1n) is 8.27. The summed E-state index contributed by atoms with van der Waals surface area (Å²) in [6, 6.07) is 18.9. The average Bonchev–Trinajstić information content (AvgIpc) is 3.10. The fraction of sp³-hybridized carbons (Fsp3) is 0.200. The predicted molar refractivity (Wildman–Crippen MR) is 98.1 cm³/mol. The maximum Gasteiger partial charge on any atom is 0.255 e. The number of ether oxygens (including phenoxy) is 1. The average molecular weight is 353 g/mol. The molecule has 1 fully saturated rings. The van der Waals surface area contributed by atoms with Crippen molar-refractivity contribution in [1.29, 1.82) is 0 Å². The van der Waals surface area contributed by atoms with Crippen LogP contribution in [0.4, 0.5) is 0 Å². The van der Waals surface area contributed by atoms with Crippen LogP contribution >= 0.6 is 11.6 Å². The van der Waals surface area contributed by atoms with Gasteiger partial charge in [0, 0.05) is 24.4 Å². The first-order valence-corrected chi connectivity index (χ1v) is 8.65. The Hall–Kier alpha value is -2.59. The van der Waals surface area contributed by atoms with Gasteiger partial charge in [-0.25, -0.2) is 4.98 Å². The van der Waals surface area contributed by atoms with E-state index >= 15 is 0 Å². The molecule has 1 amide bonds. The molecule has 126 valence electrons. The zero-order valence-corrected chi connectivity index (χ0v) is 14.3. The molecule has 4 rings (SSSR count). The van der Waals surface area contributed by atoms with Crippen LogP contribution < -0.4 is 4.74 Å². The number of benzene rings is 2. The number of hydrogen-bond acceptors (Lipinski definition) is 3. The van der Waals surface area contributed by atoms with Gasteiger partial charge in [0.25, 0.3) is 5.91 Å². The van der Waals surface area contributed by atoms with Gasteiger partial charge in [-0.1, -0.05) is 41.9 Å². The summed E-state index contributed by atoms with van der Waals surface area (Å²) < 4.78 is 5.99. The van der Waals surface area contributed by atoms with Crippen molar-refractivity contribution in [3.05, 3.63) is 71.2 Å². The molecule has 5 heteroatoms. The van der Waals surface area contributed by atoms with Crippen LogP contribution in [-0.2, 0) is 0 Å². The molecule has 0 radical (unpaired) electrons. The summed E-state index contributed by atoms with van der Waals surface area (Å²) in [5.41, 5.74) is 1.44. The minimum atomic E-state index is -0.0555. The van der Waals surface area contributed by atoms with E-state index in [1.807, 2.05) is 48.5 Å². The molecule has 0 saturated carbocycles. The third-order valence-corrected chi connectivity index (χ3v) is 4.73. The van der Waals surface area contributed by atoms with Gasteiger partial charge in [-0.2, -0.15) is 0 Å². The van der Waals surface area contributed by atoms with Crippen LogP contribution in [0, 0.1) is 0 Å². The van der Waals surface area contributed by atoms with Gasteiger partial charge < -0.3 is 9.64 Å². The Morgan fingerprint density at radius 2 is 1.88 bits per heavy atom. The Morgan fingerprint density at radius 3 is 2.76 bits per heavy atom. The number of para-hydroxylation sites is 1. The van der Waals surface area contributed by atoms with Gasteiger partial charge in [0.1, 0.15) is 6.10 Å². The number of amides is 1. The molecular weight excluding hydrogens is 336 g/mol. The number of carbonyl (C=O) groups is 1. The molecular formula is C20H17ClN2O2. The van der Waals surface area contributed by atoms with Crippen molar-refractivity contribution in [2.24, 2.45) is 0 Å². The molecule has 2 heterocycles. The second-order valence-electron chi connectivity index (χ2n) is 6.10. The third-order valence-electron chi connectivity index (χ3n) is 4.40. The molecule has 2 aromatic carbocycles. The highest BCUT2D eigenvalue weighted by Crippen LogP contribution is 2.23. The smallest absolute Gasteiger partial charge is 0.255 e. The van der Waals surface area contributed by atoms with Crippen molar-refractivity contribution in [1.82, 2.24) is 9.88 Å². The fourth-order valence-electron chi connectivity index (χ4n) is 3.10. The van der Waals surface area contributed by atoms with Crippen LogP contribution in [0.1, 0.15) is 16.8 Å². The Bertz CT molecular complexity index is 928. The zero-order valence-electron chi connectivity index (χ0n) is 13.6. The van der Waals surface area contributed by atoms with Gasteiger partial charge in [-0.3, -0.25) is 4.79 Å². The second kappa shape index (κ2) is 6.73. The molecule has 3 aromatic rings. The lowest BCUT2D eigenvalue weighted by atomic mass is 10.2. The molecule has 1 aromatic heterocycles. The Kier molecular flexibility index (Phi) is 4.28. The second-order valence-corrected chi connectivity index (χ2v) is 6.51. The molecule has 1 aliphatic rings. The molecule has 0 bridgehead atoms. The van der Waals surface area contributed by atoms with Gasteiger partial charge >= 0.3 is 0 Å². The first-order chi connectivity index (χ1) is 12.2. The lowest BCUT2D eigenvalue weighted by molar-refractivity contribution is 0.0771. The van der Waals surface area contributed by atoms with E-state index in [1.165, 1.54) is 0 Å². The van der Waals surface area contributed by atoms with Crippen LogP contribution in [0.2, 0.25) is 5.02 Å². The van der Waals surface area contributed by atoms with Crippen molar-refractivity contribution in [3.8, 4) is 5.88 Å². The monoisotopic (exact) mass is 352 g/mol. The van der Waals surface area contributed by atoms with E-state index in [1.54, 1.807) is 17.0 Å². The number of fused-ring (bicyclic) bond motifs is 1. The Morgan fingerprint density at radius 1 is 1.08 bits per heavy atom. The summed E-state index contributed by atoms with van der Waals surface area (Å²) in [5.74, 6) is 0.541. The van der Waals surface area contributed by atoms with Gasteiger partial charge in [-0.05, 0) is 24.3 Å². The van der Waals surface area contributed by atoms with Crippen molar-refractivity contribution in [3.63, 3.8) is 0 Å². The number of halogens is 1. The number of hydrogen-bond donors (Lipinski definition) is 0. The summed E-state index contributed by atoms with van der Waals surface area (Å²) in [4.78, 5) is 18.9. The quantitative estimate of drug-likeness (QED) is 0.710. The van der Waals surface area contributed by atoms with Crippen LogP contribution in [0.15, 0.2) is 60.7 Å². The molecule has 25 heavy (non-hydrogen) atoms. The molecule has 0 N–H and O–H groups in total. The number of nitrogens with zero attached hydrogens (tertiary/aromatic N) is 2. The lowest BCUT2D eigenvalue weighted by Crippen LogP contribution is -2.31.